The van der Waals surface area contributed by atoms with Crippen molar-refractivity contribution in [2.24, 2.45) is 0 Å². The lowest BCUT2D eigenvalue weighted by molar-refractivity contribution is -0.0164. The van der Waals surface area contributed by atoms with Crippen LogP contribution >= 0.6 is 11.6 Å². The maximum atomic E-state index is 10.1. The Hall–Kier alpha value is -0.770. The third-order valence-electron chi connectivity index (χ3n) is 2.50. The molecule has 4 heteroatoms. The first kappa shape index (κ1) is 9.77. The van der Waals surface area contributed by atoms with Crippen LogP contribution in [-0.2, 0) is 5.60 Å². The van der Waals surface area contributed by atoms with E-state index in [1.807, 2.05) is 0 Å². The Kier molecular flexibility index (Phi) is 2.39. The number of ether oxygens (including phenoxy) is 1. The summed E-state index contributed by atoms with van der Waals surface area (Å²) >= 11 is 5.87. The fourth-order valence-corrected chi connectivity index (χ4v) is 1.77. The summed E-state index contributed by atoms with van der Waals surface area (Å²) in [6.45, 7) is 1.09. The number of methoxy groups -OCH3 is 1. The molecule has 1 aliphatic heterocycles. The van der Waals surface area contributed by atoms with Crippen molar-refractivity contribution in [1.82, 2.24) is 5.32 Å². The van der Waals surface area contributed by atoms with E-state index >= 15 is 0 Å². The SMILES string of the molecule is COc1ccc(Cl)cc1C1(O)CNC1. The first-order chi connectivity index (χ1) is 6.65. The second-order valence-corrected chi connectivity index (χ2v) is 3.92. The average molecular weight is 214 g/mol. The normalized spacial score (nSPS) is 18.8. The van der Waals surface area contributed by atoms with E-state index in [0.29, 0.717) is 23.9 Å². The molecule has 2 rings (SSSR count). The maximum absolute atomic E-state index is 10.1. The van der Waals surface area contributed by atoms with Crippen LogP contribution in [0.15, 0.2) is 18.2 Å². The minimum Gasteiger partial charge on any atom is -0.496 e. The summed E-state index contributed by atoms with van der Waals surface area (Å²) in [4.78, 5) is 0. The minimum atomic E-state index is -0.823. The summed E-state index contributed by atoms with van der Waals surface area (Å²) in [6, 6.07) is 5.27. The summed E-state index contributed by atoms with van der Waals surface area (Å²) in [6.07, 6.45) is 0. The summed E-state index contributed by atoms with van der Waals surface area (Å²) < 4.78 is 5.18. The van der Waals surface area contributed by atoms with Gasteiger partial charge in [-0.3, -0.25) is 0 Å². The fourth-order valence-electron chi connectivity index (χ4n) is 1.60. The van der Waals surface area contributed by atoms with Crippen molar-refractivity contribution < 1.29 is 9.84 Å². The van der Waals surface area contributed by atoms with Gasteiger partial charge in [-0.15, -0.1) is 0 Å². The summed E-state index contributed by atoms with van der Waals surface area (Å²) in [5, 5.41) is 13.8. The molecule has 1 heterocycles. The molecule has 2 N–H and O–H groups in total. The molecule has 0 aliphatic carbocycles. The van der Waals surface area contributed by atoms with Gasteiger partial charge in [-0.05, 0) is 18.2 Å². The van der Waals surface area contributed by atoms with Crippen LogP contribution in [0.2, 0.25) is 5.02 Å². The molecule has 1 aliphatic rings. The van der Waals surface area contributed by atoms with E-state index in [-0.39, 0.29) is 0 Å². The molecule has 1 saturated heterocycles. The first-order valence-electron chi connectivity index (χ1n) is 4.43. The first-order valence-corrected chi connectivity index (χ1v) is 4.81. The zero-order valence-corrected chi connectivity index (χ0v) is 8.64. The van der Waals surface area contributed by atoms with Crippen LogP contribution in [0.3, 0.4) is 0 Å². The Bertz CT molecular complexity index is 350. The molecule has 0 amide bonds. The number of aliphatic hydroxyl groups is 1. The fraction of sp³-hybridized carbons (Fsp3) is 0.400. The largest absolute Gasteiger partial charge is 0.496 e. The van der Waals surface area contributed by atoms with Gasteiger partial charge in [0.05, 0.1) is 7.11 Å². The van der Waals surface area contributed by atoms with E-state index in [1.165, 1.54) is 0 Å². The van der Waals surface area contributed by atoms with Crippen LogP contribution in [0, 0.1) is 0 Å². The highest BCUT2D eigenvalue weighted by Crippen LogP contribution is 2.34. The molecule has 0 unspecified atom stereocenters. The zero-order chi connectivity index (χ0) is 10.2. The van der Waals surface area contributed by atoms with Gasteiger partial charge in [-0.1, -0.05) is 11.6 Å². The van der Waals surface area contributed by atoms with Gasteiger partial charge < -0.3 is 15.2 Å². The molecular formula is C10H12ClNO2. The number of rotatable bonds is 2. The van der Waals surface area contributed by atoms with Crippen LogP contribution in [0.5, 0.6) is 5.75 Å². The van der Waals surface area contributed by atoms with Gasteiger partial charge in [0.15, 0.2) is 0 Å². The lowest BCUT2D eigenvalue weighted by Crippen LogP contribution is -2.56. The van der Waals surface area contributed by atoms with Crippen molar-refractivity contribution in [3.63, 3.8) is 0 Å². The number of β-amino-alcohol motifs (C(OH)–C–C–N with tert-alkyl or cyclic N) is 1. The van der Waals surface area contributed by atoms with E-state index in [4.69, 9.17) is 16.3 Å². The number of hydrogen-bond donors (Lipinski definition) is 2. The Balaban J connectivity index is 2.43. The molecule has 0 spiro atoms. The molecule has 76 valence electrons. The predicted octanol–water partition coefficient (Wildman–Crippen LogP) is 1.14. The topological polar surface area (TPSA) is 41.5 Å². The molecule has 0 aromatic heterocycles. The summed E-state index contributed by atoms with van der Waals surface area (Å²) in [5.41, 5.74) is -0.0674. The Labute approximate surface area is 87.6 Å². The molecule has 0 atom stereocenters. The van der Waals surface area contributed by atoms with Gasteiger partial charge in [-0.25, -0.2) is 0 Å². The highest BCUT2D eigenvalue weighted by atomic mass is 35.5. The number of halogens is 1. The van der Waals surface area contributed by atoms with E-state index in [9.17, 15) is 5.11 Å². The van der Waals surface area contributed by atoms with Gasteiger partial charge in [0.25, 0.3) is 0 Å². The van der Waals surface area contributed by atoms with Crippen LogP contribution in [0.25, 0.3) is 0 Å². The Morgan fingerprint density at radius 2 is 2.21 bits per heavy atom. The number of nitrogens with one attached hydrogen (secondary N) is 1. The highest BCUT2D eigenvalue weighted by Gasteiger charge is 2.38. The molecule has 0 saturated carbocycles. The summed E-state index contributed by atoms with van der Waals surface area (Å²) in [5.74, 6) is 0.679. The molecule has 0 radical (unpaired) electrons. The highest BCUT2D eigenvalue weighted by molar-refractivity contribution is 6.30. The van der Waals surface area contributed by atoms with Crippen LogP contribution < -0.4 is 10.1 Å². The zero-order valence-electron chi connectivity index (χ0n) is 7.88. The molecule has 0 bridgehead atoms. The van der Waals surface area contributed by atoms with Gasteiger partial charge in [-0.2, -0.15) is 0 Å². The second-order valence-electron chi connectivity index (χ2n) is 3.48. The van der Waals surface area contributed by atoms with Gasteiger partial charge in [0.2, 0.25) is 0 Å². The van der Waals surface area contributed by atoms with Gasteiger partial charge in [0.1, 0.15) is 11.4 Å². The van der Waals surface area contributed by atoms with Crippen LogP contribution in [-0.4, -0.2) is 25.3 Å². The van der Waals surface area contributed by atoms with Crippen molar-refractivity contribution in [3.8, 4) is 5.75 Å². The molecule has 1 aromatic rings. The lowest BCUT2D eigenvalue weighted by Gasteiger charge is -2.38. The average Bonchev–Trinajstić information content (AvgIpc) is 2.14. The third-order valence-corrected chi connectivity index (χ3v) is 2.73. The number of benzene rings is 1. The van der Waals surface area contributed by atoms with Gasteiger partial charge >= 0.3 is 0 Å². The smallest absolute Gasteiger partial charge is 0.125 e. The van der Waals surface area contributed by atoms with Crippen molar-refractivity contribution in [1.29, 1.82) is 0 Å². The van der Waals surface area contributed by atoms with E-state index < -0.39 is 5.60 Å². The van der Waals surface area contributed by atoms with Crippen LogP contribution in [0.4, 0.5) is 0 Å². The maximum Gasteiger partial charge on any atom is 0.125 e. The van der Waals surface area contributed by atoms with Gasteiger partial charge in [0, 0.05) is 23.7 Å². The quantitative estimate of drug-likeness (QED) is 0.774. The second kappa shape index (κ2) is 3.42. The predicted molar refractivity (Wildman–Crippen MR) is 54.8 cm³/mol. The van der Waals surface area contributed by atoms with E-state index in [0.717, 1.165) is 5.56 Å². The van der Waals surface area contributed by atoms with Crippen molar-refractivity contribution in [3.05, 3.63) is 28.8 Å². The van der Waals surface area contributed by atoms with E-state index in [1.54, 1.807) is 25.3 Å². The minimum absolute atomic E-state index is 0.545. The molecule has 3 nitrogen and oxygen atoms in total. The molecule has 14 heavy (non-hydrogen) atoms. The number of hydrogen-bond acceptors (Lipinski definition) is 3. The monoisotopic (exact) mass is 213 g/mol. The molecular weight excluding hydrogens is 202 g/mol. The summed E-state index contributed by atoms with van der Waals surface area (Å²) in [7, 11) is 1.59. The van der Waals surface area contributed by atoms with Crippen molar-refractivity contribution in [2.45, 2.75) is 5.60 Å². The van der Waals surface area contributed by atoms with Crippen molar-refractivity contribution in [2.75, 3.05) is 20.2 Å². The van der Waals surface area contributed by atoms with E-state index in [2.05, 4.69) is 5.32 Å². The Morgan fingerprint density at radius 3 is 2.71 bits per heavy atom. The Morgan fingerprint density at radius 1 is 1.50 bits per heavy atom. The molecule has 1 fully saturated rings. The van der Waals surface area contributed by atoms with Crippen molar-refractivity contribution >= 4 is 11.6 Å². The van der Waals surface area contributed by atoms with Crippen LogP contribution in [0.1, 0.15) is 5.56 Å². The molecule has 1 aromatic carbocycles. The lowest BCUT2D eigenvalue weighted by atomic mass is 9.87. The third kappa shape index (κ3) is 1.47. The standard InChI is InChI=1S/C10H12ClNO2/c1-14-9-3-2-7(11)4-8(9)10(13)5-12-6-10/h2-4,12-13H,5-6H2,1H3.